The molecule has 4 rings (SSSR count). The fourth-order valence-corrected chi connectivity index (χ4v) is 2.77. The number of hydrogen-bond acceptors (Lipinski definition) is 4. The number of pyridine rings is 1. The lowest BCUT2D eigenvalue weighted by Gasteiger charge is -2.14. The predicted octanol–water partition coefficient (Wildman–Crippen LogP) is 2.67. The Hall–Kier alpha value is -2.21. The van der Waals surface area contributed by atoms with Crippen molar-refractivity contribution in [1.29, 1.82) is 0 Å². The molecule has 0 bridgehead atoms. The van der Waals surface area contributed by atoms with E-state index in [0.717, 1.165) is 24.3 Å². The van der Waals surface area contributed by atoms with Gasteiger partial charge < -0.3 is 0 Å². The second-order valence-corrected chi connectivity index (χ2v) is 6.26. The van der Waals surface area contributed by atoms with Gasteiger partial charge >= 0.3 is 0 Å². The molecule has 0 N–H and O–H groups in total. The highest BCUT2D eigenvalue weighted by molar-refractivity contribution is 6.29. The molecule has 1 aliphatic carbocycles. The Morgan fingerprint density at radius 3 is 2.73 bits per heavy atom. The third-order valence-corrected chi connectivity index (χ3v) is 4.30. The largest absolute Gasteiger partial charge is 0.272 e. The minimum Gasteiger partial charge on any atom is -0.272 e. The Bertz CT molecular complexity index is 758. The molecule has 0 amide bonds. The maximum absolute atomic E-state index is 5.81. The highest BCUT2D eigenvalue weighted by atomic mass is 35.5. The van der Waals surface area contributed by atoms with Crippen molar-refractivity contribution >= 4 is 11.6 Å². The summed E-state index contributed by atoms with van der Waals surface area (Å²) in [6, 6.07) is 5.62. The first-order chi connectivity index (χ1) is 10.7. The normalized spacial score (nSPS) is 15.9. The van der Waals surface area contributed by atoms with E-state index in [4.69, 9.17) is 11.6 Å². The molecule has 3 heterocycles. The highest BCUT2D eigenvalue weighted by Crippen LogP contribution is 2.48. The van der Waals surface area contributed by atoms with Crippen LogP contribution in [-0.4, -0.2) is 29.8 Å². The van der Waals surface area contributed by atoms with E-state index in [2.05, 4.69) is 20.4 Å². The van der Waals surface area contributed by atoms with Crippen LogP contribution in [0.3, 0.4) is 0 Å². The van der Waals surface area contributed by atoms with Crippen molar-refractivity contribution in [2.75, 3.05) is 0 Å². The Balaban J connectivity index is 1.49. The van der Waals surface area contributed by atoms with E-state index in [1.165, 1.54) is 12.8 Å². The van der Waals surface area contributed by atoms with Gasteiger partial charge in [0, 0.05) is 36.1 Å². The predicted molar refractivity (Wildman–Crippen MR) is 82.2 cm³/mol. The molecule has 1 aliphatic rings. The molecule has 112 valence electrons. The lowest BCUT2D eigenvalue weighted by molar-refractivity contribution is 0.326. The standard InChI is InChI=1S/C15H15ClN6/c16-14-3-2-12(8-17-14)13-9-22(20-19-13)11-15(4-5-15)10-21-7-1-6-18-21/h1-3,6-9H,4-5,10-11H2. The van der Waals surface area contributed by atoms with Crippen LogP contribution >= 0.6 is 11.6 Å². The summed E-state index contributed by atoms with van der Waals surface area (Å²) in [7, 11) is 0. The number of aromatic nitrogens is 6. The van der Waals surface area contributed by atoms with Gasteiger partial charge in [0.2, 0.25) is 0 Å². The molecule has 0 atom stereocenters. The first-order valence-electron chi connectivity index (χ1n) is 7.22. The molecule has 0 radical (unpaired) electrons. The van der Waals surface area contributed by atoms with Crippen LogP contribution < -0.4 is 0 Å². The Morgan fingerprint density at radius 2 is 2.05 bits per heavy atom. The Labute approximate surface area is 132 Å². The molecule has 3 aromatic heterocycles. The minimum atomic E-state index is 0.259. The van der Waals surface area contributed by atoms with Crippen LogP contribution in [0.25, 0.3) is 11.3 Å². The van der Waals surface area contributed by atoms with Gasteiger partial charge in [-0.1, -0.05) is 16.8 Å². The molecule has 22 heavy (non-hydrogen) atoms. The lowest BCUT2D eigenvalue weighted by Crippen LogP contribution is -2.19. The number of hydrogen-bond donors (Lipinski definition) is 0. The van der Waals surface area contributed by atoms with Crippen LogP contribution in [0.2, 0.25) is 5.15 Å². The zero-order chi connectivity index (χ0) is 15.0. The van der Waals surface area contributed by atoms with Crippen molar-refractivity contribution in [1.82, 2.24) is 29.8 Å². The Kier molecular flexibility index (Phi) is 3.18. The van der Waals surface area contributed by atoms with E-state index in [1.54, 1.807) is 12.3 Å². The van der Waals surface area contributed by atoms with Crippen LogP contribution in [0.4, 0.5) is 0 Å². The molecule has 1 saturated carbocycles. The summed E-state index contributed by atoms with van der Waals surface area (Å²) in [4.78, 5) is 4.08. The van der Waals surface area contributed by atoms with Crippen molar-refractivity contribution in [3.05, 3.63) is 48.1 Å². The number of nitrogens with zero attached hydrogens (tertiary/aromatic N) is 6. The van der Waals surface area contributed by atoms with Gasteiger partial charge in [-0.2, -0.15) is 5.10 Å². The zero-order valence-electron chi connectivity index (χ0n) is 11.9. The average molecular weight is 315 g/mol. The van der Waals surface area contributed by atoms with Crippen LogP contribution in [0.15, 0.2) is 43.0 Å². The van der Waals surface area contributed by atoms with Crippen LogP contribution in [0.1, 0.15) is 12.8 Å². The van der Waals surface area contributed by atoms with Gasteiger partial charge in [0.1, 0.15) is 10.8 Å². The van der Waals surface area contributed by atoms with E-state index in [9.17, 15) is 0 Å². The van der Waals surface area contributed by atoms with Crippen molar-refractivity contribution in [3.8, 4) is 11.3 Å². The quantitative estimate of drug-likeness (QED) is 0.679. The third kappa shape index (κ3) is 2.74. The fraction of sp³-hybridized carbons (Fsp3) is 0.333. The van der Waals surface area contributed by atoms with Crippen molar-refractivity contribution in [2.24, 2.45) is 5.41 Å². The number of halogens is 1. The molecule has 1 fully saturated rings. The maximum atomic E-state index is 5.81. The summed E-state index contributed by atoms with van der Waals surface area (Å²) in [5.74, 6) is 0. The summed E-state index contributed by atoms with van der Waals surface area (Å²) >= 11 is 5.81. The molecule has 0 saturated heterocycles. The second kappa shape index (κ2) is 5.21. The topological polar surface area (TPSA) is 61.4 Å². The van der Waals surface area contributed by atoms with Crippen molar-refractivity contribution in [2.45, 2.75) is 25.9 Å². The first-order valence-corrected chi connectivity index (χ1v) is 7.60. The van der Waals surface area contributed by atoms with Gasteiger partial charge in [-0.3, -0.25) is 9.36 Å². The average Bonchev–Trinajstić information content (AvgIpc) is 2.92. The first kappa shape index (κ1) is 13.5. The summed E-state index contributed by atoms with van der Waals surface area (Å²) < 4.78 is 3.91. The highest BCUT2D eigenvalue weighted by Gasteiger charge is 2.43. The molecule has 0 spiro atoms. The van der Waals surface area contributed by atoms with Crippen molar-refractivity contribution < 1.29 is 0 Å². The molecule has 0 unspecified atom stereocenters. The van der Waals surface area contributed by atoms with Gasteiger partial charge in [0.25, 0.3) is 0 Å². The molecule has 0 aromatic carbocycles. The fourth-order valence-electron chi connectivity index (χ4n) is 2.66. The van der Waals surface area contributed by atoms with Gasteiger partial charge in [0.05, 0.1) is 12.7 Å². The monoisotopic (exact) mass is 314 g/mol. The molecule has 0 aliphatic heterocycles. The van der Waals surface area contributed by atoms with E-state index in [-0.39, 0.29) is 5.41 Å². The molecule has 7 heteroatoms. The molecular formula is C15H15ClN6. The third-order valence-electron chi connectivity index (χ3n) is 4.07. The summed E-state index contributed by atoms with van der Waals surface area (Å²) in [5.41, 5.74) is 2.00. The van der Waals surface area contributed by atoms with Crippen molar-refractivity contribution in [3.63, 3.8) is 0 Å². The second-order valence-electron chi connectivity index (χ2n) is 5.87. The maximum Gasteiger partial charge on any atom is 0.129 e. The summed E-state index contributed by atoms with van der Waals surface area (Å²) in [5, 5.41) is 13.3. The van der Waals surface area contributed by atoms with E-state index < -0.39 is 0 Å². The van der Waals surface area contributed by atoms with Crippen LogP contribution in [-0.2, 0) is 13.1 Å². The lowest BCUT2D eigenvalue weighted by atomic mass is 10.1. The summed E-state index contributed by atoms with van der Waals surface area (Å²) in [6.45, 7) is 1.79. The van der Waals surface area contributed by atoms with E-state index >= 15 is 0 Å². The van der Waals surface area contributed by atoms with Gasteiger partial charge in [-0.25, -0.2) is 4.98 Å². The van der Waals surface area contributed by atoms with Gasteiger partial charge in [-0.15, -0.1) is 5.10 Å². The SMILES string of the molecule is Clc1ccc(-c2cn(CC3(Cn4cccn4)CC3)nn2)cn1. The smallest absolute Gasteiger partial charge is 0.129 e. The van der Waals surface area contributed by atoms with E-state index in [0.29, 0.717) is 5.15 Å². The van der Waals surface area contributed by atoms with Gasteiger partial charge in [0.15, 0.2) is 0 Å². The van der Waals surface area contributed by atoms with E-state index in [1.807, 2.05) is 40.1 Å². The minimum absolute atomic E-state index is 0.259. The molecule has 3 aromatic rings. The molecule has 6 nitrogen and oxygen atoms in total. The number of rotatable bonds is 5. The van der Waals surface area contributed by atoms with Gasteiger partial charge in [-0.05, 0) is 31.0 Å². The summed E-state index contributed by atoms with van der Waals surface area (Å²) in [6.07, 6.45) is 9.90. The Morgan fingerprint density at radius 1 is 1.18 bits per heavy atom. The van der Waals surface area contributed by atoms with Crippen LogP contribution in [0.5, 0.6) is 0 Å². The van der Waals surface area contributed by atoms with Crippen LogP contribution in [0, 0.1) is 5.41 Å². The molecular weight excluding hydrogens is 300 g/mol. The zero-order valence-corrected chi connectivity index (χ0v) is 12.7.